The minimum absolute atomic E-state index is 0.0135. The molecule has 0 saturated heterocycles. The van der Waals surface area contributed by atoms with E-state index in [1.54, 1.807) is 17.4 Å². The van der Waals surface area contributed by atoms with Crippen molar-refractivity contribution in [2.75, 3.05) is 6.54 Å². The molecular weight excluding hydrogens is 264 g/mol. The molecule has 1 heterocycles. The molecule has 1 aliphatic rings. The summed E-state index contributed by atoms with van der Waals surface area (Å²) in [5.41, 5.74) is 3.62. The van der Waals surface area contributed by atoms with Gasteiger partial charge in [-0.25, -0.2) is 4.79 Å². The molecule has 1 aromatic carbocycles. The summed E-state index contributed by atoms with van der Waals surface area (Å²) in [6, 6.07) is 10.4. The van der Waals surface area contributed by atoms with E-state index in [1.165, 1.54) is 11.1 Å². The lowest BCUT2D eigenvalue weighted by Gasteiger charge is -2.23. The molecule has 0 spiro atoms. The summed E-state index contributed by atoms with van der Waals surface area (Å²) in [5.74, 6) is 0. The maximum atomic E-state index is 12.5. The molecule has 3 rings (SSSR count). The zero-order valence-electron chi connectivity index (χ0n) is 12.2. The normalized spacial score (nSPS) is 16.5. The van der Waals surface area contributed by atoms with Crippen molar-refractivity contribution < 1.29 is 9.21 Å². The lowest BCUT2D eigenvalue weighted by Crippen LogP contribution is -2.40. The van der Waals surface area contributed by atoms with Crippen LogP contribution >= 0.6 is 0 Å². The Bertz CT molecular complexity index is 607. The van der Waals surface area contributed by atoms with Crippen LogP contribution in [-0.4, -0.2) is 17.5 Å². The quantitative estimate of drug-likeness (QED) is 0.934. The molecule has 4 nitrogen and oxygen atoms in total. The first-order valence-corrected chi connectivity index (χ1v) is 7.42. The Labute approximate surface area is 124 Å². The van der Waals surface area contributed by atoms with E-state index < -0.39 is 0 Å². The van der Waals surface area contributed by atoms with E-state index in [-0.39, 0.29) is 12.1 Å². The van der Waals surface area contributed by atoms with Crippen molar-refractivity contribution in [3.8, 4) is 0 Å². The fourth-order valence-corrected chi connectivity index (χ4v) is 2.88. The lowest BCUT2D eigenvalue weighted by atomic mass is 10.1. The van der Waals surface area contributed by atoms with Crippen LogP contribution in [0.1, 0.15) is 36.1 Å². The van der Waals surface area contributed by atoms with Gasteiger partial charge in [0, 0.05) is 12.1 Å². The summed E-state index contributed by atoms with van der Waals surface area (Å²) in [7, 11) is 0. The summed E-state index contributed by atoms with van der Waals surface area (Å²) in [6.07, 6.45) is 5.33. The van der Waals surface area contributed by atoms with Gasteiger partial charge in [0.1, 0.15) is 0 Å². The molecule has 0 bridgehead atoms. The largest absolute Gasteiger partial charge is 0.472 e. The topological polar surface area (TPSA) is 45.5 Å². The maximum Gasteiger partial charge on any atom is 0.318 e. The first kappa shape index (κ1) is 13.7. The van der Waals surface area contributed by atoms with E-state index >= 15 is 0 Å². The minimum atomic E-state index is -0.0135. The molecule has 2 amide bonds. The third-order valence-corrected chi connectivity index (χ3v) is 4.05. The van der Waals surface area contributed by atoms with Gasteiger partial charge >= 0.3 is 6.03 Å². The van der Waals surface area contributed by atoms with Crippen LogP contribution in [0.25, 0.3) is 0 Å². The van der Waals surface area contributed by atoms with E-state index in [2.05, 4.69) is 23.5 Å². The summed E-state index contributed by atoms with van der Waals surface area (Å²) in [6.45, 7) is 3.24. The molecule has 4 heteroatoms. The predicted molar refractivity (Wildman–Crippen MR) is 80.8 cm³/mol. The highest BCUT2D eigenvalue weighted by atomic mass is 16.3. The van der Waals surface area contributed by atoms with Crippen LogP contribution in [0.5, 0.6) is 0 Å². The molecule has 0 saturated carbocycles. The highest BCUT2D eigenvalue weighted by molar-refractivity contribution is 5.75. The number of nitrogens with one attached hydrogen (secondary N) is 1. The second-order valence-corrected chi connectivity index (χ2v) is 5.39. The van der Waals surface area contributed by atoms with Gasteiger partial charge in [0.05, 0.1) is 25.1 Å². The molecule has 21 heavy (non-hydrogen) atoms. The van der Waals surface area contributed by atoms with Gasteiger partial charge in [0.2, 0.25) is 0 Å². The Balaban J connectivity index is 1.65. The smallest absolute Gasteiger partial charge is 0.318 e. The molecule has 1 aliphatic carbocycles. The number of carbonyl (C=O) groups excluding carboxylic acids is 1. The van der Waals surface area contributed by atoms with E-state index in [0.29, 0.717) is 13.1 Å². The number of hydrogen-bond acceptors (Lipinski definition) is 2. The van der Waals surface area contributed by atoms with Crippen LogP contribution in [0, 0.1) is 0 Å². The van der Waals surface area contributed by atoms with Gasteiger partial charge < -0.3 is 14.6 Å². The number of urea groups is 1. The average Bonchev–Trinajstić information content (AvgIpc) is 3.15. The minimum Gasteiger partial charge on any atom is -0.472 e. The molecule has 1 atom stereocenters. The molecule has 2 aromatic rings. The summed E-state index contributed by atoms with van der Waals surface area (Å²) >= 11 is 0. The van der Waals surface area contributed by atoms with Crippen molar-refractivity contribution in [3.63, 3.8) is 0 Å². The SMILES string of the molecule is CCN(Cc1ccoc1)C(=O)N[C@@H]1CCc2ccccc21. The second kappa shape index (κ2) is 6.04. The first-order valence-electron chi connectivity index (χ1n) is 7.42. The summed E-state index contributed by atoms with van der Waals surface area (Å²) < 4.78 is 5.06. The van der Waals surface area contributed by atoms with Gasteiger partial charge in [-0.05, 0) is 37.0 Å². The number of rotatable bonds is 4. The number of benzene rings is 1. The van der Waals surface area contributed by atoms with Crippen molar-refractivity contribution in [1.82, 2.24) is 10.2 Å². The number of aryl methyl sites for hydroxylation is 1. The molecule has 0 fully saturated rings. The van der Waals surface area contributed by atoms with Crippen LogP contribution in [0.2, 0.25) is 0 Å². The third-order valence-electron chi connectivity index (χ3n) is 4.05. The van der Waals surface area contributed by atoms with E-state index in [1.807, 2.05) is 19.1 Å². The van der Waals surface area contributed by atoms with Gasteiger partial charge in [0.15, 0.2) is 0 Å². The number of carbonyl (C=O) groups is 1. The Morgan fingerprint density at radius 1 is 1.38 bits per heavy atom. The fourth-order valence-electron chi connectivity index (χ4n) is 2.88. The highest BCUT2D eigenvalue weighted by Gasteiger charge is 2.25. The molecule has 0 unspecified atom stereocenters. The molecule has 0 radical (unpaired) electrons. The Kier molecular flexibility index (Phi) is 3.95. The van der Waals surface area contributed by atoms with Crippen molar-refractivity contribution >= 4 is 6.03 Å². The van der Waals surface area contributed by atoms with E-state index in [9.17, 15) is 4.79 Å². The standard InChI is InChI=1S/C17H20N2O2/c1-2-19(11-13-9-10-21-12-13)17(20)18-16-8-7-14-5-3-4-6-15(14)16/h3-6,9-10,12,16H,2,7-8,11H2,1H3,(H,18,20)/t16-/m1/s1. The molecular formula is C17H20N2O2. The van der Waals surface area contributed by atoms with Crippen LogP contribution in [0.4, 0.5) is 4.79 Å². The monoisotopic (exact) mass is 284 g/mol. The number of hydrogen-bond donors (Lipinski definition) is 1. The number of nitrogens with zero attached hydrogens (tertiary/aromatic N) is 1. The van der Waals surface area contributed by atoms with Crippen LogP contribution < -0.4 is 5.32 Å². The number of furan rings is 1. The van der Waals surface area contributed by atoms with Crippen molar-refractivity contribution in [3.05, 3.63) is 59.5 Å². The zero-order chi connectivity index (χ0) is 14.7. The van der Waals surface area contributed by atoms with Crippen molar-refractivity contribution in [1.29, 1.82) is 0 Å². The van der Waals surface area contributed by atoms with Gasteiger partial charge in [-0.2, -0.15) is 0 Å². The van der Waals surface area contributed by atoms with Gasteiger partial charge in [-0.1, -0.05) is 24.3 Å². The molecule has 110 valence electrons. The Hall–Kier alpha value is -2.23. The molecule has 1 aromatic heterocycles. The predicted octanol–water partition coefficient (Wildman–Crippen LogP) is 3.50. The van der Waals surface area contributed by atoms with Crippen LogP contribution in [0.15, 0.2) is 47.3 Å². The van der Waals surface area contributed by atoms with E-state index in [4.69, 9.17) is 4.42 Å². The Morgan fingerprint density at radius 2 is 2.24 bits per heavy atom. The van der Waals surface area contributed by atoms with Gasteiger partial charge in [-0.3, -0.25) is 0 Å². The van der Waals surface area contributed by atoms with Crippen LogP contribution in [0.3, 0.4) is 0 Å². The summed E-state index contributed by atoms with van der Waals surface area (Å²) in [5, 5.41) is 3.15. The van der Waals surface area contributed by atoms with Crippen LogP contribution in [-0.2, 0) is 13.0 Å². The van der Waals surface area contributed by atoms with Crippen molar-refractivity contribution in [2.45, 2.75) is 32.4 Å². The molecule has 1 N–H and O–H groups in total. The van der Waals surface area contributed by atoms with Gasteiger partial charge in [-0.15, -0.1) is 0 Å². The molecule has 0 aliphatic heterocycles. The average molecular weight is 284 g/mol. The van der Waals surface area contributed by atoms with Gasteiger partial charge in [0.25, 0.3) is 0 Å². The first-order chi connectivity index (χ1) is 10.3. The number of fused-ring (bicyclic) bond motifs is 1. The Morgan fingerprint density at radius 3 is 3.00 bits per heavy atom. The zero-order valence-corrected chi connectivity index (χ0v) is 12.2. The maximum absolute atomic E-state index is 12.5. The highest BCUT2D eigenvalue weighted by Crippen LogP contribution is 2.30. The fraction of sp³-hybridized carbons (Fsp3) is 0.353. The van der Waals surface area contributed by atoms with Crippen molar-refractivity contribution in [2.24, 2.45) is 0 Å². The van der Waals surface area contributed by atoms with E-state index in [0.717, 1.165) is 18.4 Å². The lowest BCUT2D eigenvalue weighted by molar-refractivity contribution is 0.193. The second-order valence-electron chi connectivity index (χ2n) is 5.39. The summed E-state index contributed by atoms with van der Waals surface area (Å²) in [4.78, 5) is 14.2. The third kappa shape index (κ3) is 2.94. The number of amides is 2.